The van der Waals surface area contributed by atoms with Crippen molar-refractivity contribution in [2.24, 2.45) is 4.99 Å². The number of nitrogens with one attached hydrogen (secondary N) is 2. The molecule has 1 aliphatic heterocycles. The van der Waals surface area contributed by atoms with E-state index in [2.05, 4.69) is 22.5 Å². The van der Waals surface area contributed by atoms with E-state index >= 15 is 0 Å². The first-order valence-electron chi connectivity index (χ1n) is 7.69. The third-order valence-electron chi connectivity index (χ3n) is 3.70. The van der Waals surface area contributed by atoms with Crippen LogP contribution < -0.4 is 15.4 Å². The zero-order valence-electron chi connectivity index (χ0n) is 13.5. The van der Waals surface area contributed by atoms with Crippen LogP contribution in [0.25, 0.3) is 0 Å². The van der Waals surface area contributed by atoms with Crippen molar-refractivity contribution in [1.82, 2.24) is 10.6 Å². The predicted octanol–water partition coefficient (Wildman–Crippen LogP) is 2.08. The van der Waals surface area contributed by atoms with E-state index in [9.17, 15) is 8.78 Å². The number of ether oxygens (including phenoxy) is 2. The summed E-state index contributed by atoms with van der Waals surface area (Å²) < 4.78 is 37.2. The minimum absolute atomic E-state index is 0.0306. The number of hydrogen-bond donors (Lipinski definition) is 2. The molecule has 0 bridgehead atoms. The van der Waals surface area contributed by atoms with Crippen molar-refractivity contribution in [3.05, 3.63) is 29.8 Å². The minimum atomic E-state index is -0.709. The summed E-state index contributed by atoms with van der Waals surface area (Å²) >= 11 is 0. The van der Waals surface area contributed by atoms with Crippen LogP contribution in [-0.4, -0.2) is 44.9 Å². The number of nitrogens with zero attached hydrogens (tertiary/aromatic N) is 1. The minimum Gasteiger partial charge on any atom is -0.489 e. The van der Waals surface area contributed by atoms with Crippen LogP contribution in [0.3, 0.4) is 0 Å². The molecule has 1 saturated heterocycles. The summed E-state index contributed by atoms with van der Waals surface area (Å²) in [4.78, 5) is 4.11. The lowest BCUT2D eigenvalue weighted by molar-refractivity contribution is 0.0243. The van der Waals surface area contributed by atoms with E-state index in [4.69, 9.17) is 9.47 Å². The van der Waals surface area contributed by atoms with E-state index < -0.39 is 11.6 Å². The Balaban J connectivity index is 1.69. The van der Waals surface area contributed by atoms with Crippen molar-refractivity contribution in [2.45, 2.75) is 25.4 Å². The maximum atomic E-state index is 13.4. The van der Waals surface area contributed by atoms with Gasteiger partial charge in [-0.15, -0.1) is 0 Å². The third kappa shape index (κ3) is 5.35. The summed E-state index contributed by atoms with van der Waals surface area (Å²) in [7, 11) is 1.67. The van der Waals surface area contributed by atoms with Gasteiger partial charge in [-0.2, -0.15) is 0 Å². The zero-order valence-corrected chi connectivity index (χ0v) is 13.5. The fourth-order valence-corrected chi connectivity index (χ4v) is 2.39. The van der Waals surface area contributed by atoms with E-state index in [0.29, 0.717) is 19.0 Å². The lowest BCUT2D eigenvalue weighted by Gasteiger charge is -2.24. The SMILES string of the molecule is CN=C(NCCOc1ccc(F)cc1F)NCC1(C)CCCO1. The summed E-state index contributed by atoms with van der Waals surface area (Å²) in [6, 6.07) is 3.23. The van der Waals surface area contributed by atoms with Crippen LogP contribution >= 0.6 is 0 Å². The first-order valence-corrected chi connectivity index (χ1v) is 7.69. The highest BCUT2D eigenvalue weighted by molar-refractivity contribution is 5.79. The highest BCUT2D eigenvalue weighted by atomic mass is 19.1. The van der Waals surface area contributed by atoms with Crippen molar-refractivity contribution in [3.8, 4) is 5.75 Å². The molecule has 5 nitrogen and oxygen atoms in total. The quantitative estimate of drug-likeness (QED) is 0.477. The number of guanidine groups is 1. The van der Waals surface area contributed by atoms with Crippen LogP contribution in [0.1, 0.15) is 19.8 Å². The first kappa shape index (κ1) is 17.5. The molecule has 1 fully saturated rings. The smallest absolute Gasteiger partial charge is 0.191 e. The molecule has 1 heterocycles. The number of aliphatic imine (C=N–C) groups is 1. The van der Waals surface area contributed by atoms with Crippen LogP contribution in [0.2, 0.25) is 0 Å². The normalized spacial score (nSPS) is 21.3. The lowest BCUT2D eigenvalue weighted by Crippen LogP contribution is -2.46. The van der Waals surface area contributed by atoms with Crippen molar-refractivity contribution >= 4 is 5.96 Å². The summed E-state index contributed by atoms with van der Waals surface area (Å²) in [5.74, 6) is -0.674. The molecule has 0 amide bonds. The molecule has 2 rings (SSSR count). The molecule has 128 valence electrons. The van der Waals surface area contributed by atoms with Gasteiger partial charge >= 0.3 is 0 Å². The Kier molecular flexibility index (Phi) is 6.15. The summed E-state index contributed by atoms with van der Waals surface area (Å²) in [5.41, 5.74) is -0.161. The molecule has 23 heavy (non-hydrogen) atoms. The van der Waals surface area contributed by atoms with Crippen molar-refractivity contribution < 1.29 is 18.3 Å². The van der Waals surface area contributed by atoms with Crippen LogP contribution in [0.5, 0.6) is 5.75 Å². The maximum absolute atomic E-state index is 13.4. The molecule has 1 aromatic carbocycles. The highest BCUT2D eigenvalue weighted by Gasteiger charge is 2.29. The monoisotopic (exact) mass is 327 g/mol. The summed E-state index contributed by atoms with van der Waals surface area (Å²) in [6.07, 6.45) is 2.09. The van der Waals surface area contributed by atoms with Gasteiger partial charge in [0.15, 0.2) is 17.5 Å². The second-order valence-corrected chi connectivity index (χ2v) is 5.68. The van der Waals surface area contributed by atoms with Crippen molar-refractivity contribution in [2.75, 3.05) is 33.4 Å². The van der Waals surface area contributed by atoms with Gasteiger partial charge in [-0.05, 0) is 31.9 Å². The van der Waals surface area contributed by atoms with Crippen LogP contribution in [0, 0.1) is 11.6 Å². The molecular weight excluding hydrogens is 304 g/mol. The Morgan fingerprint density at radius 1 is 1.39 bits per heavy atom. The Morgan fingerprint density at radius 3 is 2.87 bits per heavy atom. The molecule has 2 N–H and O–H groups in total. The Labute approximate surface area is 135 Å². The van der Waals surface area contributed by atoms with Gasteiger partial charge in [0.05, 0.1) is 12.1 Å². The molecule has 1 atom stereocenters. The number of halogens is 2. The van der Waals surface area contributed by atoms with Crippen LogP contribution in [0.4, 0.5) is 8.78 Å². The van der Waals surface area contributed by atoms with Crippen molar-refractivity contribution in [1.29, 1.82) is 0 Å². The molecule has 1 aliphatic rings. The molecule has 0 radical (unpaired) electrons. The zero-order chi connectivity index (χ0) is 16.7. The van der Waals surface area contributed by atoms with E-state index in [1.54, 1.807) is 7.05 Å². The average Bonchev–Trinajstić information content (AvgIpc) is 2.95. The molecule has 7 heteroatoms. The number of rotatable bonds is 6. The van der Waals surface area contributed by atoms with E-state index in [1.807, 2.05) is 0 Å². The van der Waals surface area contributed by atoms with E-state index in [1.165, 1.54) is 6.07 Å². The van der Waals surface area contributed by atoms with Gasteiger partial charge < -0.3 is 20.1 Å². The topological polar surface area (TPSA) is 54.9 Å². The Hall–Kier alpha value is -1.89. The molecule has 0 spiro atoms. The van der Waals surface area contributed by atoms with Crippen molar-refractivity contribution in [3.63, 3.8) is 0 Å². The molecule has 1 aromatic rings. The highest BCUT2D eigenvalue weighted by Crippen LogP contribution is 2.23. The summed E-state index contributed by atoms with van der Waals surface area (Å²) in [5, 5.41) is 6.28. The Bertz CT molecular complexity index is 546. The van der Waals surface area contributed by atoms with Gasteiger partial charge in [0.1, 0.15) is 12.4 Å². The van der Waals surface area contributed by atoms with E-state index in [0.717, 1.165) is 31.6 Å². The van der Waals surface area contributed by atoms with Crippen LogP contribution in [-0.2, 0) is 4.74 Å². The molecule has 0 aromatic heterocycles. The molecular formula is C16H23F2N3O2. The standard InChI is InChI=1S/C16H23F2N3O2/c1-16(6-3-8-23-16)11-21-15(19-2)20-7-9-22-14-5-4-12(17)10-13(14)18/h4-5,10H,3,6-9,11H2,1-2H3,(H2,19,20,21). The largest absolute Gasteiger partial charge is 0.489 e. The maximum Gasteiger partial charge on any atom is 0.191 e. The fraction of sp³-hybridized carbons (Fsp3) is 0.562. The van der Waals surface area contributed by atoms with Gasteiger partial charge in [-0.1, -0.05) is 0 Å². The molecule has 1 unspecified atom stereocenters. The molecule has 0 aliphatic carbocycles. The molecule has 0 saturated carbocycles. The lowest BCUT2D eigenvalue weighted by atomic mass is 10.0. The van der Waals surface area contributed by atoms with Gasteiger partial charge in [-0.3, -0.25) is 4.99 Å². The number of benzene rings is 1. The second kappa shape index (κ2) is 8.10. The Morgan fingerprint density at radius 2 is 2.22 bits per heavy atom. The van der Waals surface area contributed by atoms with Gasteiger partial charge in [0.25, 0.3) is 0 Å². The first-order chi connectivity index (χ1) is 11.0. The fourth-order valence-electron chi connectivity index (χ4n) is 2.39. The summed E-state index contributed by atoms with van der Waals surface area (Å²) in [6.45, 7) is 4.20. The third-order valence-corrected chi connectivity index (χ3v) is 3.70. The van der Waals surface area contributed by atoms with Crippen LogP contribution in [0.15, 0.2) is 23.2 Å². The average molecular weight is 327 g/mol. The second-order valence-electron chi connectivity index (χ2n) is 5.68. The van der Waals surface area contributed by atoms with Gasteiger partial charge in [0.2, 0.25) is 0 Å². The van der Waals surface area contributed by atoms with Gasteiger partial charge in [-0.25, -0.2) is 8.78 Å². The number of hydrogen-bond acceptors (Lipinski definition) is 3. The van der Waals surface area contributed by atoms with Gasteiger partial charge in [0, 0.05) is 26.3 Å². The van der Waals surface area contributed by atoms with E-state index in [-0.39, 0.29) is 18.0 Å². The predicted molar refractivity (Wildman–Crippen MR) is 84.8 cm³/mol.